The maximum absolute atomic E-state index is 12.1. The maximum Gasteiger partial charge on any atom is 0.241 e. The number of hydrogen-bond acceptors (Lipinski definition) is 6. The van der Waals surface area contributed by atoms with Crippen LogP contribution in [0.25, 0.3) is 0 Å². The topological polar surface area (TPSA) is 76.7 Å². The Morgan fingerprint density at radius 1 is 1.33 bits per heavy atom. The molecule has 0 spiro atoms. The first-order valence-electron chi connectivity index (χ1n) is 6.99. The highest BCUT2D eigenvalue weighted by atomic mass is 32.2. The Hall–Kier alpha value is -0.510. The summed E-state index contributed by atoms with van der Waals surface area (Å²) in [5, 5.41) is 5.05. The molecule has 0 aliphatic heterocycles. The van der Waals surface area contributed by atoms with Crippen LogP contribution >= 0.6 is 11.3 Å². The van der Waals surface area contributed by atoms with Crippen molar-refractivity contribution < 1.29 is 17.9 Å². The summed E-state index contributed by atoms with van der Waals surface area (Å²) in [6.07, 6.45) is 2.45. The van der Waals surface area contributed by atoms with Crippen LogP contribution in [-0.4, -0.2) is 47.9 Å². The van der Waals surface area contributed by atoms with Gasteiger partial charge in [-0.15, -0.1) is 11.3 Å². The van der Waals surface area contributed by atoms with Gasteiger partial charge in [0.05, 0.1) is 24.7 Å². The molecule has 120 valence electrons. The van der Waals surface area contributed by atoms with Gasteiger partial charge in [-0.1, -0.05) is 0 Å². The molecule has 2 N–H and O–H groups in total. The molecule has 1 heterocycles. The summed E-state index contributed by atoms with van der Waals surface area (Å²) in [5.41, 5.74) is 0. The Morgan fingerprint density at radius 3 is 2.86 bits per heavy atom. The van der Waals surface area contributed by atoms with Crippen LogP contribution in [0.1, 0.15) is 17.7 Å². The molecule has 0 saturated heterocycles. The lowest BCUT2D eigenvalue weighted by molar-refractivity contribution is 0.0736. The highest BCUT2D eigenvalue weighted by Crippen LogP contribution is 2.22. The second kappa shape index (κ2) is 8.21. The molecule has 0 atom stereocenters. The zero-order valence-corrected chi connectivity index (χ0v) is 13.8. The SMILES string of the molecule is COCCOCCNS(=O)(=O)c1csc(CNC2CC2)c1. The van der Waals surface area contributed by atoms with Crippen molar-refractivity contribution >= 4 is 21.4 Å². The van der Waals surface area contributed by atoms with Crippen molar-refractivity contribution in [1.82, 2.24) is 10.0 Å². The molecule has 1 aromatic heterocycles. The van der Waals surface area contributed by atoms with E-state index in [9.17, 15) is 8.42 Å². The van der Waals surface area contributed by atoms with Gasteiger partial charge in [0.25, 0.3) is 0 Å². The predicted molar refractivity (Wildman–Crippen MR) is 82.1 cm³/mol. The third kappa shape index (κ3) is 6.01. The molecule has 21 heavy (non-hydrogen) atoms. The highest BCUT2D eigenvalue weighted by molar-refractivity contribution is 7.89. The van der Waals surface area contributed by atoms with Gasteiger partial charge in [-0.25, -0.2) is 13.1 Å². The van der Waals surface area contributed by atoms with Gasteiger partial charge >= 0.3 is 0 Å². The molecule has 1 aliphatic rings. The Bertz CT molecular complexity index is 526. The van der Waals surface area contributed by atoms with Crippen LogP contribution in [0.15, 0.2) is 16.3 Å². The van der Waals surface area contributed by atoms with Gasteiger partial charge in [-0.05, 0) is 18.9 Å². The Morgan fingerprint density at radius 2 is 2.14 bits per heavy atom. The number of thiophene rings is 1. The molecule has 0 unspecified atom stereocenters. The summed E-state index contributed by atoms with van der Waals surface area (Å²) >= 11 is 1.47. The number of rotatable bonds is 11. The van der Waals surface area contributed by atoms with Crippen molar-refractivity contribution in [2.24, 2.45) is 0 Å². The molecule has 1 aromatic rings. The van der Waals surface area contributed by atoms with Crippen molar-refractivity contribution in [3.8, 4) is 0 Å². The van der Waals surface area contributed by atoms with E-state index in [4.69, 9.17) is 9.47 Å². The van der Waals surface area contributed by atoms with E-state index in [2.05, 4.69) is 10.0 Å². The fourth-order valence-corrected chi connectivity index (χ4v) is 3.94. The molecule has 0 amide bonds. The van der Waals surface area contributed by atoms with Gasteiger partial charge in [0.15, 0.2) is 0 Å². The van der Waals surface area contributed by atoms with E-state index in [-0.39, 0.29) is 6.54 Å². The molecule has 0 radical (unpaired) electrons. The van der Waals surface area contributed by atoms with Gasteiger partial charge in [-0.2, -0.15) is 0 Å². The van der Waals surface area contributed by atoms with E-state index >= 15 is 0 Å². The maximum atomic E-state index is 12.1. The summed E-state index contributed by atoms with van der Waals surface area (Å²) in [4.78, 5) is 1.37. The number of methoxy groups -OCH3 is 1. The fourth-order valence-electron chi connectivity index (χ4n) is 1.70. The smallest absolute Gasteiger partial charge is 0.241 e. The zero-order valence-electron chi connectivity index (χ0n) is 12.1. The monoisotopic (exact) mass is 334 g/mol. The van der Waals surface area contributed by atoms with Crippen LogP contribution in [0, 0.1) is 0 Å². The zero-order chi connectivity index (χ0) is 15.1. The average Bonchev–Trinajstić information content (AvgIpc) is 3.16. The summed E-state index contributed by atoms with van der Waals surface area (Å²) in [7, 11) is -1.84. The largest absolute Gasteiger partial charge is 0.382 e. The first kappa shape index (κ1) is 16.9. The van der Waals surface area contributed by atoms with E-state index in [1.54, 1.807) is 18.6 Å². The highest BCUT2D eigenvalue weighted by Gasteiger charge is 2.21. The third-order valence-corrected chi connectivity index (χ3v) is 5.58. The minimum atomic E-state index is -3.43. The molecule has 2 rings (SSSR count). The van der Waals surface area contributed by atoms with Crippen LogP contribution in [0.4, 0.5) is 0 Å². The van der Waals surface area contributed by atoms with E-state index < -0.39 is 10.0 Å². The molecule has 0 aromatic carbocycles. The first-order valence-corrected chi connectivity index (χ1v) is 9.35. The minimum Gasteiger partial charge on any atom is -0.382 e. The molecule has 1 fully saturated rings. The Kier molecular flexibility index (Phi) is 6.59. The van der Waals surface area contributed by atoms with E-state index in [0.717, 1.165) is 11.4 Å². The second-order valence-corrected chi connectivity index (χ2v) is 7.67. The summed E-state index contributed by atoms with van der Waals surface area (Å²) in [5.74, 6) is 0. The molecule has 8 heteroatoms. The minimum absolute atomic E-state index is 0.261. The van der Waals surface area contributed by atoms with Crippen molar-refractivity contribution in [2.45, 2.75) is 30.3 Å². The van der Waals surface area contributed by atoms with Crippen molar-refractivity contribution in [3.05, 3.63) is 16.3 Å². The summed E-state index contributed by atoms with van der Waals surface area (Å²) < 4.78 is 36.8. The van der Waals surface area contributed by atoms with Crippen molar-refractivity contribution in [1.29, 1.82) is 0 Å². The lowest BCUT2D eigenvalue weighted by atomic mass is 10.4. The third-order valence-electron chi connectivity index (χ3n) is 3.05. The van der Waals surface area contributed by atoms with E-state index in [0.29, 0.717) is 30.8 Å². The Balaban J connectivity index is 1.73. The fraction of sp³-hybridized carbons (Fsp3) is 0.692. The lowest BCUT2D eigenvalue weighted by Crippen LogP contribution is -2.27. The number of nitrogens with one attached hydrogen (secondary N) is 2. The molecule has 6 nitrogen and oxygen atoms in total. The van der Waals surface area contributed by atoms with Gasteiger partial charge in [0.2, 0.25) is 10.0 Å². The number of hydrogen-bond donors (Lipinski definition) is 2. The lowest BCUT2D eigenvalue weighted by Gasteiger charge is -2.06. The van der Waals surface area contributed by atoms with Gasteiger partial charge in [-0.3, -0.25) is 0 Å². The summed E-state index contributed by atoms with van der Waals surface area (Å²) in [6, 6.07) is 2.35. The van der Waals surface area contributed by atoms with Gasteiger partial charge in [0.1, 0.15) is 0 Å². The van der Waals surface area contributed by atoms with E-state index in [1.165, 1.54) is 24.2 Å². The molecular formula is C13H22N2O4S2. The molecular weight excluding hydrogens is 312 g/mol. The van der Waals surface area contributed by atoms with Crippen molar-refractivity contribution in [3.63, 3.8) is 0 Å². The van der Waals surface area contributed by atoms with Crippen LogP contribution in [0.2, 0.25) is 0 Å². The van der Waals surface area contributed by atoms with Crippen LogP contribution in [-0.2, 0) is 26.0 Å². The van der Waals surface area contributed by atoms with Crippen LogP contribution in [0.5, 0.6) is 0 Å². The van der Waals surface area contributed by atoms with Crippen LogP contribution in [0.3, 0.4) is 0 Å². The van der Waals surface area contributed by atoms with Gasteiger partial charge in [0, 0.05) is 36.5 Å². The molecule has 1 aliphatic carbocycles. The predicted octanol–water partition coefficient (Wildman–Crippen LogP) is 0.941. The Labute approximate surface area is 129 Å². The average molecular weight is 334 g/mol. The number of ether oxygens (including phenoxy) is 2. The van der Waals surface area contributed by atoms with E-state index in [1.807, 2.05) is 0 Å². The van der Waals surface area contributed by atoms with Gasteiger partial charge < -0.3 is 14.8 Å². The molecule has 1 saturated carbocycles. The van der Waals surface area contributed by atoms with Crippen molar-refractivity contribution in [2.75, 3.05) is 33.5 Å². The number of sulfonamides is 1. The summed E-state index contributed by atoms with van der Waals surface area (Å²) in [6.45, 7) is 2.31. The second-order valence-electron chi connectivity index (χ2n) is 4.91. The standard InChI is InChI=1S/C13H22N2O4S2/c1-18-6-7-19-5-4-15-21(16,17)13-8-12(20-10-13)9-14-11-2-3-11/h8,10-11,14-15H,2-7,9H2,1H3. The van der Waals surface area contributed by atoms with Crippen LogP contribution < -0.4 is 10.0 Å². The first-order chi connectivity index (χ1) is 10.1. The quantitative estimate of drug-likeness (QED) is 0.589. The molecule has 0 bridgehead atoms. The normalized spacial score (nSPS) is 15.5.